The molecule has 1 aliphatic carbocycles. The average molecular weight is 706 g/mol. The van der Waals surface area contributed by atoms with Crippen molar-refractivity contribution in [3.05, 3.63) is 64.7 Å². The number of nitrogens with zero attached hydrogens (tertiary/aromatic N) is 1. The van der Waals surface area contributed by atoms with Crippen molar-refractivity contribution >= 4 is 21.0 Å². The lowest BCUT2D eigenvalue weighted by molar-refractivity contribution is -0.284. The van der Waals surface area contributed by atoms with Crippen molar-refractivity contribution in [2.75, 3.05) is 24.6 Å². The van der Waals surface area contributed by atoms with E-state index in [2.05, 4.69) is 4.90 Å². The van der Waals surface area contributed by atoms with Crippen LogP contribution in [0.3, 0.4) is 0 Å². The third-order valence-electron chi connectivity index (χ3n) is 9.68. The molecule has 0 unspecified atom stereocenters. The molecular formula is C36H46F7NO3S. The van der Waals surface area contributed by atoms with E-state index >= 15 is 0 Å². The molecule has 4 nitrogen and oxygen atoms in total. The van der Waals surface area contributed by atoms with Gasteiger partial charge >= 0.3 is 12.1 Å². The van der Waals surface area contributed by atoms with Crippen LogP contribution < -0.4 is 0 Å². The van der Waals surface area contributed by atoms with Crippen molar-refractivity contribution in [3.63, 3.8) is 0 Å². The minimum absolute atomic E-state index is 0.213. The zero-order chi connectivity index (χ0) is 35.0. The molecule has 2 aromatic carbocycles. The summed E-state index contributed by atoms with van der Waals surface area (Å²) in [6, 6.07) is 9.95. The zero-order valence-electron chi connectivity index (χ0n) is 27.2. The maximum absolute atomic E-state index is 14.9. The molecule has 2 aromatic rings. The van der Waals surface area contributed by atoms with Gasteiger partial charge in [-0.3, -0.25) is 0 Å². The first-order valence-electron chi connectivity index (χ1n) is 17.1. The molecule has 2 aliphatic rings. The van der Waals surface area contributed by atoms with Gasteiger partial charge in [0.15, 0.2) is 11.6 Å². The smallest absolute Gasteiger partial charge is 0.453 e. The Morgan fingerprint density at radius 3 is 2.25 bits per heavy atom. The maximum Gasteiger partial charge on any atom is 0.453 e. The van der Waals surface area contributed by atoms with Crippen LogP contribution in [0, 0.1) is 11.6 Å². The lowest BCUT2D eigenvalue weighted by Gasteiger charge is -2.24. The number of benzene rings is 2. The van der Waals surface area contributed by atoms with Crippen LogP contribution in [0.1, 0.15) is 107 Å². The molecule has 0 amide bonds. The van der Waals surface area contributed by atoms with Crippen LogP contribution in [0.25, 0.3) is 11.1 Å². The molecule has 0 aromatic heterocycles. The summed E-state index contributed by atoms with van der Waals surface area (Å²) < 4.78 is 116. The second-order valence-corrected chi connectivity index (χ2v) is 15.5. The van der Waals surface area contributed by atoms with Crippen molar-refractivity contribution in [1.29, 1.82) is 0 Å². The molecule has 1 heterocycles. The number of allylic oxidation sites excluding steroid dienone is 2. The van der Waals surface area contributed by atoms with Gasteiger partial charge in [-0.15, -0.1) is 0 Å². The summed E-state index contributed by atoms with van der Waals surface area (Å²) in [6.07, 6.45) is 2.55. The molecule has 1 aliphatic heterocycles. The molecule has 0 bridgehead atoms. The topological polar surface area (TPSA) is 57.6 Å². The van der Waals surface area contributed by atoms with Gasteiger partial charge in [0.2, 0.25) is 0 Å². The molecule has 1 N–H and O–H groups in total. The van der Waals surface area contributed by atoms with Crippen LogP contribution in [0.5, 0.6) is 5.75 Å². The van der Waals surface area contributed by atoms with E-state index in [1.807, 2.05) is 0 Å². The lowest BCUT2D eigenvalue weighted by atomic mass is 9.89. The van der Waals surface area contributed by atoms with Gasteiger partial charge in [0.05, 0.1) is 11.5 Å². The zero-order valence-corrected chi connectivity index (χ0v) is 28.1. The summed E-state index contributed by atoms with van der Waals surface area (Å²) >= 11 is 0. The van der Waals surface area contributed by atoms with E-state index in [0.717, 1.165) is 99.6 Å². The minimum atomic E-state index is -5.67. The number of aromatic hydroxyl groups is 1. The Kier molecular flexibility index (Phi) is 13.4. The van der Waals surface area contributed by atoms with Crippen molar-refractivity contribution in [1.82, 2.24) is 4.90 Å². The fourth-order valence-electron chi connectivity index (χ4n) is 7.09. The first-order chi connectivity index (χ1) is 22.7. The Hall–Kier alpha value is -2.60. The third kappa shape index (κ3) is 10.5. The molecule has 1 atom stereocenters. The largest absolute Gasteiger partial charge is 0.505 e. The summed E-state index contributed by atoms with van der Waals surface area (Å²) in [5.74, 6) is -7.00. The molecule has 268 valence electrons. The van der Waals surface area contributed by atoms with E-state index in [1.165, 1.54) is 18.2 Å². The van der Waals surface area contributed by atoms with Crippen LogP contribution in [0.15, 0.2) is 36.4 Å². The maximum atomic E-state index is 14.9. The van der Waals surface area contributed by atoms with Crippen LogP contribution in [-0.4, -0.2) is 61.2 Å². The van der Waals surface area contributed by atoms with Crippen LogP contribution in [0.2, 0.25) is 0 Å². The van der Waals surface area contributed by atoms with E-state index in [9.17, 15) is 44.3 Å². The number of likely N-dealkylation sites (tertiary alicyclic amines) is 1. The van der Waals surface area contributed by atoms with Gasteiger partial charge < -0.3 is 10.0 Å². The highest BCUT2D eigenvalue weighted by Gasteiger charge is 2.56. The van der Waals surface area contributed by atoms with Gasteiger partial charge in [-0.1, -0.05) is 37.5 Å². The molecule has 1 fully saturated rings. The van der Waals surface area contributed by atoms with E-state index in [1.54, 1.807) is 18.2 Å². The number of fused-ring (bicyclic) bond motifs is 1. The fourth-order valence-corrected chi connectivity index (χ4v) is 8.53. The quantitative estimate of drug-likeness (QED) is 0.132. The molecule has 0 saturated carbocycles. The fraction of sp³-hybridized carbons (Fsp3) is 0.611. The van der Waals surface area contributed by atoms with Crippen molar-refractivity contribution in [3.8, 4) is 5.75 Å². The van der Waals surface area contributed by atoms with Crippen LogP contribution in [-0.2, 0) is 16.3 Å². The van der Waals surface area contributed by atoms with Crippen molar-refractivity contribution in [2.45, 2.75) is 114 Å². The Balaban J connectivity index is 1.21. The highest BCUT2D eigenvalue weighted by atomic mass is 32.2. The third-order valence-corrected chi connectivity index (χ3v) is 11.5. The molecule has 0 spiro atoms. The predicted octanol–water partition coefficient (Wildman–Crippen LogP) is 9.90. The standard InChI is InChI=1S/C36H46F7NO3S/c37-27-17-15-26(16-18-27)29-13-7-14-32-31(19-20-33(45)34(32)38)30(29)12-3-1-2-5-22-44-23-8-11-28(44)10-4-6-24-48(46,47)25-9-21-35(39,40)36(41,42)43/h15-20,28,45H,1-14,21-25H2/t28-/m1/s1. The first-order valence-corrected chi connectivity index (χ1v) is 18.9. The van der Waals surface area contributed by atoms with E-state index < -0.39 is 46.3 Å². The summed E-state index contributed by atoms with van der Waals surface area (Å²) in [5.41, 5.74) is 4.42. The first kappa shape index (κ1) is 38.2. The van der Waals surface area contributed by atoms with Gasteiger partial charge in [0, 0.05) is 12.5 Å². The van der Waals surface area contributed by atoms with Gasteiger partial charge in [0.25, 0.3) is 0 Å². The number of rotatable bonds is 17. The normalized spacial score (nSPS) is 17.9. The number of phenols is 1. The SMILES string of the molecule is O=S(=O)(CCCC[C@@H]1CCCN1CCCCCCC1=C(c2ccc(F)cc2)CCCc2c1ccc(O)c2F)CCCC(F)(F)C(F)(F)F. The number of phenolic OH excluding ortho intramolecular Hbond substituents is 1. The molecule has 48 heavy (non-hydrogen) atoms. The average Bonchev–Trinajstić information content (AvgIpc) is 3.38. The predicted molar refractivity (Wildman–Crippen MR) is 175 cm³/mol. The number of hydrogen-bond acceptors (Lipinski definition) is 4. The van der Waals surface area contributed by atoms with Crippen LogP contribution in [0.4, 0.5) is 30.7 Å². The Bertz CT molecular complexity index is 1490. The van der Waals surface area contributed by atoms with Gasteiger partial charge in [-0.25, -0.2) is 17.2 Å². The van der Waals surface area contributed by atoms with Gasteiger partial charge in [-0.2, -0.15) is 22.0 Å². The van der Waals surface area contributed by atoms with E-state index in [-0.39, 0.29) is 17.3 Å². The lowest BCUT2D eigenvalue weighted by Crippen LogP contribution is -2.36. The number of hydrogen-bond donors (Lipinski definition) is 1. The summed E-state index contributed by atoms with van der Waals surface area (Å²) in [6.45, 7) is 1.90. The Morgan fingerprint density at radius 1 is 0.812 bits per heavy atom. The highest BCUT2D eigenvalue weighted by Crippen LogP contribution is 2.41. The second-order valence-electron chi connectivity index (χ2n) is 13.2. The number of unbranched alkanes of at least 4 members (excludes halogenated alkanes) is 4. The van der Waals surface area contributed by atoms with E-state index in [0.29, 0.717) is 30.9 Å². The Labute approximate surface area is 279 Å². The minimum Gasteiger partial charge on any atom is -0.505 e. The van der Waals surface area contributed by atoms with E-state index in [4.69, 9.17) is 0 Å². The molecule has 0 radical (unpaired) electrons. The van der Waals surface area contributed by atoms with Crippen LogP contribution >= 0.6 is 0 Å². The molecular weight excluding hydrogens is 659 g/mol. The van der Waals surface area contributed by atoms with Gasteiger partial charge in [-0.05, 0) is 130 Å². The van der Waals surface area contributed by atoms with Crippen molar-refractivity contribution < 1.29 is 44.3 Å². The number of alkyl halides is 5. The molecule has 12 heteroatoms. The second kappa shape index (κ2) is 16.9. The Morgan fingerprint density at radius 2 is 1.52 bits per heavy atom. The number of sulfone groups is 1. The molecule has 1 saturated heterocycles. The molecule has 4 rings (SSSR count). The summed E-state index contributed by atoms with van der Waals surface area (Å²) in [4.78, 5) is 2.43. The van der Waals surface area contributed by atoms with Crippen molar-refractivity contribution in [2.24, 2.45) is 0 Å². The summed E-state index contributed by atoms with van der Waals surface area (Å²) in [5, 5.41) is 10.0. The van der Waals surface area contributed by atoms with Gasteiger partial charge in [0.1, 0.15) is 15.7 Å². The highest BCUT2D eigenvalue weighted by molar-refractivity contribution is 7.91. The number of halogens is 7. The monoisotopic (exact) mass is 705 g/mol. The summed E-state index contributed by atoms with van der Waals surface area (Å²) in [7, 11) is -3.70.